The Morgan fingerprint density at radius 2 is 2.00 bits per heavy atom. The highest BCUT2D eigenvalue weighted by Crippen LogP contribution is 2.25. The van der Waals surface area contributed by atoms with E-state index in [4.69, 9.17) is 10.5 Å². The minimum atomic E-state index is 0.583. The maximum absolute atomic E-state index is 11.0. The largest absolute Gasteiger partial charge is 0.496 e. The molecule has 21 heavy (non-hydrogen) atoms. The van der Waals surface area contributed by atoms with Crippen molar-refractivity contribution in [3.8, 4) is 5.75 Å². The van der Waals surface area contributed by atoms with E-state index in [2.05, 4.69) is 6.58 Å². The molecule has 2 N–H and O–H groups in total. The van der Waals surface area contributed by atoms with Crippen molar-refractivity contribution < 1.29 is 9.53 Å². The zero-order valence-electron chi connectivity index (χ0n) is 11.9. The Morgan fingerprint density at radius 1 is 1.24 bits per heavy atom. The molecule has 3 nitrogen and oxygen atoms in total. The summed E-state index contributed by atoms with van der Waals surface area (Å²) in [5.41, 5.74) is 7.95. The molecule has 0 aliphatic carbocycles. The Bertz CT molecular complexity index is 791. The van der Waals surface area contributed by atoms with Gasteiger partial charge < -0.3 is 10.5 Å². The molecular weight excluding hydrogens is 262 g/mol. The predicted octanol–water partition coefficient (Wildman–Crippen LogP) is 1.59. The second kappa shape index (κ2) is 6.57. The first-order valence-corrected chi connectivity index (χ1v) is 6.52. The van der Waals surface area contributed by atoms with Gasteiger partial charge in [-0.05, 0) is 34.2 Å². The zero-order valence-corrected chi connectivity index (χ0v) is 11.9. The molecule has 0 aromatic heterocycles. The molecular formula is C18H17NO2. The van der Waals surface area contributed by atoms with Crippen LogP contribution in [0.5, 0.6) is 5.75 Å². The van der Waals surface area contributed by atoms with Crippen LogP contribution in [0.15, 0.2) is 55.1 Å². The molecule has 2 rings (SSSR count). The van der Waals surface area contributed by atoms with E-state index in [1.165, 1.54) is 0 Å². The van der Waals surface area contributed by atoms with Crippen molar-refractivity contribution in [2.45, 2.75) is 0 Å². The molecule has 0 bridgehead atoms. The highest BCUT2D eigenvalue weighted by atomic mass is 16.5. The van der Waals surface area contributed by atoms with Crippen molar-refractivity contribution in [1.82, 2.24) is 0 Å². The minimum absolute atomic E-state index is 0.583. The molecule has 0 atom stereocenters. The smallest absolute Gasteiger partial charge is 0.150 e. The van der Waals surface area contributed by atoms with Gasteiger partial charge in [0.15, 0.2) is 0 Å². The summed E-state index contributed by atoms with van der Waals surface area (Å²) in [6.07, 6.45) is 4.11. The molecule has 0 spiro atoms. The summed E-state index contributed by atoms with van der Waals surface area (Å²) in [6, 6.07) is 13.0. The third-order valence-electron chi connectivity index (χ3n) is 3.28. The number of carbonyl (C=O) groups is 1. The molecule has 0 aliphatic rings. The first kappa shape index (κ1) is 14.6. The topological polar surface area (TPSA) is 52.3 Å². The molecule has 0 saturated heterocycles. The van der Waals surface area contributed by atoms with Crippen molar-refractivity contribution in [3.63, 3.8) is 0 Å². The molecule has 0 unspecified atom stereocenters. The van der Waals surface area contributed by atoms with Gasteiger partial charge in [-0.3, -0.25) is 4.79 Å². The number of nitrogens with two attached hydrogens (primary N) is 1. The van der Waals surface area contributed by atoms with Crippen molar-refractivity contribution in [2.75, 3.05) is 7.11 Å². The quantitative estimate of drug-likeness (QED) is 0.865. The van der Waals surface area contributed by atoms with Gasteiger partial charge in [0, 0.05) is 17.3 Å². The van der Waals surface area contributed by atoms with Crippen molar-refractivity contribution in [3.05, 3.63) is 76.7 Å². The summed E-state index contributed by atoms with van der Waals surface area (Å²) in [5, 5.41) is 1.84. The van der Waals surface area contributed by atoms with Crippen LogP contribution in [-0.2, 0) is 0 Å². The second-order valence-electron chi connectivity index (χ2n) is 4.45. The lowest BCUT2D eigenvalue weighted by atomic mass is 9.99. The highest BCUT2D eigenvalue weighted by molar-refractivity contribution is 5.83. The number of aldehydes is 1. The monoisotopic (exact) mass is 279 g/mol. The van der Waals surface area contributed by atoms with Crippen LogP contribution in [0.25, 0.3) is 11.8 Å². The van der Waals surface area contributed by atoms with E-state index in [1.54, 1.807) is 37.6 Å². The maximum Gasteiger partial charge on any atom is 0.150 e. The van der Waals surface area contributed by atoms with E-state index >= 15 is 0 Å². The minimum Gasteiger partial charge on any atom is -0.496 e. The summed E-state index contributed by atoms with van der Waals surface area (Å²) in [6.45, 7) is 3.88. The van der Waals surface area contributed by atoms with Gasteiger partial charge in [-0.25, -0.2) is 0 Å². The van der Waals surface area contributed by atoms with Crippen LogP contribution in [-0.4, -0.2) is 13.4 Å². The van der Waals surface area contributed by atoms with Gasteiger partial charge in [0.2, 0.25) is 0 Å². The van der Waals surface area contributed by atoms with E-state index in [9.17, 15) is 4.79 Å². The number of methoxy groups -OCH3 is 1. The van der Waals surface area contributed by atoms with Gasteiger partial charge in [0.05, 0.1) is 7.11 Å². The number of ether oxygens (including phenoxy) is 1. The van der Waals surface area contributed by atoms with Crippen LogP contribution in [0, 0.1) is 0 Å². The molecule has 0 heterocycles. The summed E-state index contributed by atoms with van der Waals surface area (Å²) in [7, 11) is 1.60. The van der Waals surface area contributed by atoms with Crippen molar-refractivity contribution >= 4 is 18.1 Å². The predicted molar refractivity (Wildman–Crippen MR) is 85.4 cm³/mol. The summed E-state index contributed by atoms with van der Waals surface area (Å²) in [5.74, 6) is 0.683. The van der Waals surface area contributed by atoms with E-state index in [0.717, 1.165) is 27.9 Å². The molecule has 106 valence electrons. The lowest BCUT2D eigenvalue weighted by Crippen LogP contribution is -2.27. The van der Waals surface area contributed by atoms with Gasteiger partial charge in [0.25, 0.3) is 0 Å². The van der Waals surface area contributed by atoms with Gasteiger partial charge in [-0.2, -0.15) is 0 Å². The number of allylic oxidation sites excluding steroid dienone is 1. The fourth-order valence-electron chi connectivity index (χ4n) is 2.26. The van der Waals surface area contributed by atoms with E-state index in [0.29, 0.717) is 11.3 Å². The molecule has 2 aromatic carbocycles. The fraction of sp³-hybridized carbons (Fsp3) is 0.0556. The van der Waals surface area contributed by atoms with Crippen LogP contribution >= 0.6 is 0 Å². The number of hydrogen-bond acceptors (Lipinski definition) is 3. The zero-order chi connectivity index (χ0) is 15.2. The highest BCUT2D eigenvalue weighted by Gasteiger charge is 2.08. The number of benzene rings is 2. The van der Waals surface area contributed by atoms with Crippen LogP contribution in [0.2, 0.25) is 0 Å². The fourth-order valence-corrected chi connectivity index (χ4v) is 2.26. The van der Waals surface area contributed by atoms with E-state index < -0.39 is 0 Å². The SMILES string of the molecule is C=C/C(c1cc(C=O)ccc1OC)=c1/cccc/c1=C/N. The normalized spacial score (nSPS) is 12.7. The third kappa shape index (κ3) is 2.87. The van der Waals surface area contributed by atoms with Crippen LogP contribution in [0.3, 0.4) is 0 Å². The lowest BCUT2D eigenvalue weighted by molar-refractivity contribution is 0.112. The molecule has 0 saturated carbocycles. The molecule has 0 aliphatic heterocycles. The van der Waals surface area contributed by atoms with E-state index in [-0.39, 0.29) is 0 Å². The second-order valence-corrected chi connectivity index (χ2v) is 4.45. The van der Waals surface area contributed by atoms with Crippen molar-refractivity contribution in [1.29, 1.82) is 0 Å². The summed E-state index contributed by atoms with van der Waals surface area (Å²) in [4.78, 5) is 11.0. The molecule has 3 heteroatoms. The van der Waals surface area contributed by atoms with E-state index in [1.807, 2.05) is 24.3 Å². The Morgan fingerprint density at radius 3 is 2.62 bits per heavy atom. The Hall–Kier alpha value is -2.81. The maximum atomic E-state index is 11.0. The summed E-state index contributed by atoms with van der Waals surface area (Å²) >= 11 is 0. The Balaban J connectivity index is 2.90. The first-order chi connectivity index (χ1) is 10.2. The third-order valence-corrected chi connectivity index (χ3v) is 3.28. The Labute approximate surface area is 123 Å². The van der Waals surface area contributed by atoms with Gasteiger partial charge in [-0.1, -0.05) is 36.9 Å². The molecule has 0 fully saturated rings. The van der Waals surface area contributed by atoms with Crippen LogP contribution < -0.4 is 20.9 Å². The molecule has 0 radical (unpaired) electrons. The number of rotatable bonds is 4. The lowest BCUT2D eigenvalue weighted by Gasteiger charge is -2.10. The average Bonchev–Trinajstić information content (AvgIpc) is 2.55. The molecule has 2 aromatic rings. The van der Waals surface area contributed by atoms with Crippen LogP contribution in [0.1, 0.15) is 15.9 Å². The van der Waals surface area contributed by atoms with Crippen molar-refractivity contribution in [2.24, 2.45) is 5.73 Å². The van der Waals surface area contributed by atoms with Gasteiger partial charge >= 0.3 is 0 Å². The molecule has 0 amide bonds. The average molecular weight is 279 g/mol. The van der Waals surface area contributed by atoms with Crippen LogP contribution in [0.4, 0.5) is 0 Å². The first-order valence-electron chi connectivity index (χ1n) is 6.52. The summed E-state index contributed by atoms with van der Waals surface area (Å²) < 4.78 is 5.40. The van der Waals surface area contributed by atoms with Gasteiger partial charge in [0.1, 0.15) is 12.0 Å². The van der Waals surface area contributed by atoms with Gasteiger partial charge in [-0.15, -0.1) is 0 Å². The Kier molecular flexibility index (Phi) is 4.57. The number of hydrogen-bond donors (Lipinski definition) is 1. The standard InChI is InChI=1S/C18H17NO2/c1-3-15(16-7-5-4-6-14(16)11-19)17-10-13(12-20)8-9-18(17)21-2/h3-12H,1,19H2,2H3/b14-11-,16-15+. The number of carbonyl (C=O) groups excluding carboxylic acids is 1.